The maximum Gasteiger partial charge on any atom is 0.391 e. The number of piperazine rings is 1. The molecule has 1 aliphatic carbocycles. The number of nitrogens with one attached hydrogen (secondary N) is 2. The lowest BCUT2D eigenvalue weighted by Crippen LogP contribution is -2.54. The average molecular weight is 426 g/mol. The van der Waals surface area contributed by atoms with Gasteiger partial charge in [0.15, 0.2) is 0 Å². The molecule has 0 unspecified atom stereocenters. The standard InChI is InChI=1S/C17H17ClF5N3O2/c18-13-11(19)2-1-10(14(13)20)15(8-5-9(6-8)17(21,22)23)25-16(28)26-4-3-24-12(27)7-26/h1-2,8-9,15H,3-7H2,(H,24,27)(H,25,28)/t8?,9?,15-/m0/s1. The Hall–Kier alpha value is -2.10. The molecule has 1 atom stereocenters. The van der Waals surface area contributed by atoms with Crippen molar-refractivity contribution in [1.29, 1.82) is 0 Å². The Morgan fingerprint density at radius 2 is 1.96 bits per heavy atom. The fourth-order valence-electron chi connectivity index (χ4n) is 3.47. The van der Waals surface area contributed by atoms with Crippen molar-refractivity contribution in [2.45, 2.75) is 25.1 Å². The molecule has 1 aliphatic heterocycles. The second-order valence-electron chi connectivity index (χ2n) is 6.93. The summed E-state index contributed by atoms with van der Waals surface area (Å²) in [6, 6.07) is 0.115. The summed E-state index contributed by atoms with van der Waals surface area (Å²) in [5, 5.41) is 4.25. The molecular formula is C17H17ClF5N3O2. The molecule has 3 rings (SSSR count). The van der Waals surface area contributed by atoms with Crippen molar-refractivity contribution in [2.75, 3.05) is 19.6 Å². The number of benzene rings is 1. The van der Waals surface area contributed by atoms with Crippen molar-refractivity contribution >= 4 is 23.5 Å². The summed E-state index contributed by atoms with van der Waals surface area (Å²) in [6.45, 7) is 0.209. The van der Waals surface area contributed by atoms with Gasteiger partial charge in [0.25, 0.3) is 0 Å². The Balaban J connectivity index is 1.82. The minimum atomic E-state index is -4.38. The second kappa shape index (κ2) is 7.73. The van der Waals surface area contributed by atoms with Gasteiger partial charge in [0.1, 0.15) is 23.2 Å². The third-order valence-electron chi connectivity index (χ3n) is 5.11. The van der Waals surface area contributed by atoms with Gasteiger partial charge in [-0.15, -0.1) is 0 Å². The largest absolute Gasteiger partial charge is 0.391 e. The third-order valence-corrected chi connectivity index (χ3v) is 5.46. The molecule has 0 spiro atoms. The molecule has 1 aromatic carbocycles. The molecule has 1 heterocycles. The maximum atomic E-state index is 14.5. The Bertz CT molecular complexity index is 783. The number of alkyl halides is 3. The predicted octanol–water partition coefficient (Wildman–Crippen LogP) is 3.39. The van der Waals surface area contributed by atoms with Crippen LogP contribution in [0.4, 0.5) is 26.7 Å². The number of hydrogen-bond donors (Lipinski definition) is 2. The lowest BCUT2D eigenvalue weighted by molar-refractivity contribution is -0.206. The van der Waals surface area contributed by atoms with Crippen LogP contribution in [0, 0.1) is 23.5 Å². The summed E-state index contributed by atoms with van der Waals surface area (Å²) in [5.74, 6) is -4.77. The predicted molar refractivity (Wildman–Crippen MR) is 89.5 cm³/mol. The van der Waals surface area contributed by atoms with Gasteiger partial charge in [-0.1, -0.05) is 17.7 Å². The van der Waals surface area contributed by atoms with Crippen LogP contribution in [0.5, 0.6) is 0 Å². The van der Waals surface area contributed by atoms with Crippen molar-refractivity contribution in [3.63, 3.8) is 0 Å². The van der Waals surface area contributed by atoms with E-state index in [0.717, 1.165) is 12.1 Å². The molecule has 1 saturated heterocycles. The number of rotatable bonds is 3. The first kappa shape index (κ1) is 20.6. The van der Waals surface area contributed by atoms with Gasteiger partial charge in [0.2, 0.25) is 5.91 Å². The van der Waals surface area contributed by atoms with Crippen LogP contribution in [0.2, 0.25) is 5.02 Å². The highest BCUT2D eigenvalue weighted by Gasteiger charge is 2.50. The van der Waals surface area contributed by atoms with E-state index in [2.05, 4.69) is 10.6 Å². The molecule has 2 fully saturated rings. The highest BCUT2D eigenvalue weighted by Crippen LogP contribution is 2.50. The zero-order chi connectivity index (χ0) is 20.6. The zero-order valence-corrected chi connectivity index (χ0v) is 15.2. The van der Waals surface area contributed by atoms with Gasteiger partial charge in [-0.2, -0.15) is 13.2 Å². The molecule has 5 nitrogen and oxygen atoms in total. The maximum absolute atomic E-state index is 14.5. The fraction of sp³-hybridized carbons (Fsp3) is 0.529. The lowest BCUT2D eigenvalue weighted by atomic mass is 9.69. The van der Waals surface area contributed by atoms with E-state index in [-0.39, 0.29) is 43.9 Å². The van der Waals surface area contributed by atoms with Gasteiger partial charge < -0.3 is 15.5 Å². The van der Waals surface area contributed by atoms with E-state index < -0.39 is 46.7 Å². The van der Waals surface area contributed by atoms with E-state index >= 15 is 0 Å². The molecular weight excluding hydrogens is 409 g/mol. The van der Waals surface area contributed by atoms with Crippen molar-refractivity contribution in [1.82, 2.24) is 15.5 Å². The first-order valence-corrected chi connectivity index (χ1v) is 8.98. The molecule has 2 aliphatic rings. The third kappa shape index (κ3) is 4.16. The number of urea groups is 1. The SMILES string of the molecule is O=C1CN(C(=O)N[C@H](c2ccc(F)c(Cl)c2F)C2CC(C(F)(F)F)C2)CCN1. The topological polar surface area (TPSA) is 61.4 Å². The number of carbonyl (C=O) groups excluding carboxylic acids is 2. The van der Waals surface area contributed by atoms with Gasteiger partial charge in [0.05, 0.1) is 12.0 Å². The van der Waals surface area contributed by atoms with E-state index in [1.165, 1.54) is 4.90 Å². The fourth-order valence-corrected chi connectivity index (χ4v) is 3.64. The highest BCUT2D eigenvalue weighted by molar-refractivity contribution is 6.31. The molecule has 2 N–H and O–H groups in total. The zero-order valence-electron chi connectivity index (χ0n) is 14.5. The Labute approximate surface area is 162 Å². The summed E-state index contributed by atoms with van der Waals surface area (Å²) in [5.41, 5.74) is -0.188. The molecule has 3 amide bonds. The van der Waals surface area contributed by atoms with E-state index in [0.29, 0.717) is 0 Å². The van der Waals surface area contributed by atoms with Crippen LogP contribution in [-0.2, 0) is 4.79 Å². The van der Waals surface area contributed by atoms with Crippen molar-refractivity contribution in [3.8, 4) is 0 Å². The van der Waals surface area contributed by atoms with Crippen LogP contribution in [0.15, 0.2) is 12.1 Å². The Morgan fingerprint density at radius 1 is 1.29 bits per heavy atom. The highest BCUT2D eigenvalue weighted by atomic mass is 35.5. The first-order chi connectivity index (χ1) is 13.1. The van der Waals surface area contributed by atoms with E-state index in [4.69, 9.17) is 11.6 Å². The van der Waals surface area contributed by atoms with Gasteiger partial charge in [-0.3, -0.25) is 4.79 Å². The number of amides is 3. The van der Waals surface area contributed by atoms with Crippen molar-refractivity contribution < 1.29 is 31.5 Å². The number of hydrogen-bond acceptors (Lipinski definition) is 2. The molecule has 0 bridgehead atoms. The van der Waals surface area contributed by atoms with Gasteiger partial charge in [-0.25, -0.2) is 13.6 Å². The molecule has 1 saturated carbocycles. The molecule has 0 radical (unpaired) electrons. The van der Waals surface area contributed by atoms with Gasteiger partial charge >= 0.3 is 12.2 Å². The summed E-state index contributed by atoms with van der Waals surface area (Å²) in [6.07, 6.45) is -4.98. The molecule has 154 valence electrons. The minimum Gasteiger partial charge on any atom is -0.353 e. The summed E-state index contributed by atoms with van der Waals surface area (Å²) in [7, 11) is 0. The van der Waals surface area contributed by atoms with Crippen LogP contribution < -0.4 is 10.6 Å². The second-order valence-corrected chi connectivity index (χ2v) is 7.31. The number of nitrogens with zero attached hydrogens (tertiary/aromatic N) is 1. The quantitative estimate of drug-likeness (QED) is 0.576. The van der Waals surface area contributed by atoms with Crippen molar-refractivity contribution in [2.24, 2.45) is 11.8 Å². The number of carbonyl (C=O) groups is 2. The normalized spacial score (nSPS) is 23.6. The minimum absolute atomic E-state index is 0.188. The van der Waals surface area contributed by atoms with Crippen LogP contribution in [0.1, 0.15) is 24.4 Å². The Morgan fingerprint density at radius 3 is 2.57 bits per heavy atom. The Kier molecular flexibility index (Phi) is 5.69. The summed E-state index contributed by atoms with van der Waals surface area (Å²) in [4.78, 5) is 25.1. The number of halogens is 6. The molecule has 1 aromatic rings. The van der Waals surface area contributed by atoms with Crippen LogP contribution >= 0.6 is 11.6 Å². The average Bonchev–Trinajstić information content (AvgIpc) is 2.56. The van der Waals surface area contributed by atoms with E-state index in [1.807, 2.05) is 0 Å². The van der Waals surface area contributed by atoms with E-state index in [9.17, 15) is 31.5 Å². The van der Waals surface area contributed by atoms with Gasteiger partial charge in [0, 0.05) is 18.7 Å². The van der Waals surface area contributed by atoms with Crippen LogP contribution in [0.3, 0.4) is 0 Å². The molecule has 0 aromatic heterocycles. The molecule has 28 heavy (non-hydrogen) atoms. The first-order valence-electron chi connectivity index (χ1n) is 8.60. The lowest BCUT2D eigenvalue weighted by Gasteiger charge is -2.42. The molecule has 11 heteroatoms. The smallest absolute Gasteiger partial charge is 0.353 e. The van der Waals surface area contributed by atoms with Crippen molar-refractivity contribution in [3.05, 3.63) is 34.4 Å². The van der Waals surface area contributed by atoms with Crippen LogP contribution in [0.25, 0.3) is 0 Å². The van der Waals surface area contributed by atoms with Crippen LogP contribution in [-0.4, -0.2) is 42.6 Å². The summed E-state index contributed by atoms with van der Waals surface area (Å²) >= 11 is 5.59. The summed E-state index contributed by atoms with van der Waals surface area (Å²) < 4.78 is 66.5. The van der Waals surface area contributed by atoms with Gasteiger partial charge in [-0.05, 0) is 24.8 Å². The monoisotopic (exact) mass is 425 g/mol. The van der Waals surface area contributed by atoms with E-state index in [1.54, 1.807) is 0 Å².